The van der Waals surface area contributed by atoms with E-state index in [4.69, 9.17) is 9.47 Å². The van der Waals surface area contributed by atoms with E-state index >= 15 is 0 Å². The summed E-state index contributed by atoms with van der Waals surface area (Å²) < 4.78 is 13.8. The number of hydrogen-bond acceptors (Lipinski definition) is 2. The smallest absolute Gasteiger partial charge is 0.122 e. The van der Waals surface area contributed by atoms with Crippen LogP contribution >= 0.6 is 0 Å². The molecular weight excluding hydrogens is 585 g/mol. The standard InChI is InChI=1S/C46H74O2/c1-5-7-9-11-13-15-23-29-45(39-25-19-17-20-26-39)47-42-32-33-43(37(3)36-42)41-31-34-44(38(4)35-41)48-46(40-27-21-18-22-28-40)30-24-16-14-12-10-8-6-2/h31-36,39-40,45-46H,5-30H2,1-4H3. The van der Waals surface area contributed by atoms with E-state index in [1.165, 1.54) is 189 Å². The predicted octanol–water partition coefficient (Wildman–Crippen LogP) is 14.9. The van der Waals surface area contributed by atoms with Crippen molar-refractivity contribution in [2.45, 2.75) is 207 Å². The molecule has 270 valence electrons. The summed E-state index contributed by atoms with van der Waals surface area (Å²) in [4.78, 5) is 0. The second-order valence-corrected chi connectivity index (χ2v) is 15.9. The van der Waals surface area contributed by atoms with Gasteiger partial charge in [-0.15, -0.1) is 0 Å². The van der Waals surface area contributed by atoms with E-state index in [1.54, 1.807) is 0 Å². The first kappa shape index (κ1) is 38.8. The summed E-state index contributed by atoms with van der Waals surface area (Å²) in [5, 5.41) is 0. The van der Waals surface area contributed by atoms with Gasteiger partial charge in [-0.1, -0.05) is 142 Å². The fourth-order valence-electron chi connectivity index (χ4n) is 8.72. The largest absolute Gasteiger partial charge is 0.490 e. The Bertz CT molecular complexity index is 1120. The Morgan fingerprint density at radius 1 is 0.521 bits per heavy atom. The van der Waals surface area contributed by atoms with Crippen LogP contribution in [-0.2, 0) is 0 Å². The second kappa shape index (κ2) is 22.7. The normalized spacial score (nSPS) is 17.3. The van der Waals surface area contributed by atoms with Crippen molar-refractivity contribution >= 4 is 0 Å². The second-order valence-electron chi connectivity index (χ2n) is 15.9. The Kier molecular flexibility index (Phi) is 18.4. The molecule has 0 saturated heterocycles. The fourth-order valence-corrected chi connectivity index (χ4v) is 8.72. The molecule has 2 unspecified atom stereocenters. The Labute approximate surface area is 297 Å². The van der Waals surface area contributed by atoms with Crippen LogP contribution in [0.15, 0.2) is 36.4 Å². The Morgan fingerprint density at radius 3 is 1.52 bits per heavy atom. The maximum absolute atomic E-state index is 6.92. The van der Waals surface area contributed by atoms with Gasteiger partial charge in [-0.3, -0.25) is 0 Å². The van der Waals surface area contributed by atoms with Gasteiger partial charge in [0.1, 0.15) is 23.7 Å². The molecule has 0 radical (unpaired) electrons. The predicted molar refractivity (Wildman–Crippen MR) is 209 cm³/mol. The Morgan fingerprint density at radius 2 is 1.02 bits per heavy atom. The molecule has 2 heteroatoms. The number of benzene rings is 2. The Hall–Kier alpha value is -1.96. The average molecular weight is 659 g/mol. The summed E-state index contributed by atoms with van der Waals surface area (Å²) in [6.07, 6.45) is 35.9. The van der Waals surface area contributed by atoms with Gasteiger partial charge in [-0.05, 0) is 124 Å². The first-order valence-corrected chi connectivity index (χ1v) is 21.1. The molecule has 0 bridgehead atoms. The van der Waals surface area contributed by atoms with Gasteiger partial charge in [0.05, 0.1) is 0 Å². The summed E-state index contributed by atoms with van der Waals surface area (Å²) >= 11 is 0. The van der Waals surface area contributed by atoms with E-state index < -0.39 is 0 Å². The molecule has 4 rings (SSSR count). The molecule has 2 aromatic carbocycles. The van der Waals surface area contributed by atoms with Crippen molar-refractivity contribution < 1.29 is 9.47 Å². The average Bonchev–Trinajstić information content (AvgIpc) is 3.11. The van der Waals surface area contributed by atoms with Crippen LogP contribution in [0.3, 0.4) is 0 Å². The van der Waals surface area contributed by atoms with Crippen LogP contribution in [0.25, 0.3) is 11.1 Å². The minimum Gasteiger partial charge on any atom is -0.490 e. The molecule has 0 heterocycles. The van der Waals surface area contributed by atoms with E-state index in [9.17, 15) is 0 Å². The van der Waals surface area contributed by atoms with Crippen molar-refractivity contribution in [1.82, 2.24) is 0 Å². The van der Waals surface area contributed by atoms with Gasteiger partial charge in [0.25, 0.3) is 0 Å². The summed E-state index contributed by atoms with van der Waals surface area (Å²) in [6.45, 7) is 9.11. The van der Waals surface area contributed by atoms with E-state index in [0.29, 0.717) is 12.2 Å². The number of ether oxygens (including phenoxy) is 2. The molecule has 2 aromatic rings. The van der Waals surface area contributed by atoms with E-state index in [2.05, 4.69) is 64.1 Å². The van der Waals surface area contributed by atoms with Crippen molar-refractivity contribution in [3.63, 3.8) is 0 Å². The van der Waals surface area contributed by atoms with Gasteiger partial charge in [-0.2, -0.15) is 0 Å². The van der Waals surface area contributed by atoms with E-state index in [0.717, 1.165) is 23.3 Å². The summed E-state index contributed by atoms with van der Waals surface area (Å²) in [5.74, 6) is 3.59. The van der Waals surface area contributed by atoms with Crippen molar-refractivity contribution in [2.75, 3.05) is 0 Å². The maximum atomic E-state index is 6.92. The van der Waals surface area contributed by atoms with Gasteiger partial charge >= 0.3 is 0 Å². The lowest BCUT2D eigenvalue weighted by Gasteiger charge is -2.31. The lowest BCUT2D eigenvalue weighted by molar-refractivity contribution is 0.0962. The lowest BCUT2D eigenvalue weighted by atomic mass is 9.83. The minimum absolute atomic E-state index is 0.363. The molecule has 2 aliphatic rings. The van der Waals surface area contributed by atoms with E-state index in [1.807, 2.05) is 0 Å². The highest BCUT2D eigenvalue weighted by atomic mass is 16.5. The molecular formula is C46H74O2. The van der Waals surface area contributed by atoms with Crippen molar-refractivity contribution in [3.8, 4) is 22.6 Å². The van der Waals surface area contributed by atoms with Crippen LogP contribution in [0.2, 0.25) is 0 Å². The van der Waals surface area contributed by atoms with Crippen LogP contribution in [0.5, 0.6) is 11.5 Å². The van der Waals surface area contributed by atoms with Crippen LogP contribution in [-0.4, -0.2) is 12.2 Å². The highest BCUT2D eigenvalue weighted by Gasteiger charge is 2.27. The highest BCUT2D eigenvalue weighted by molar-refractivity contribution is 5.69. The molecule has 2 saturated carbocycles. The van der Waals surface area contributed by atoms with Crippen LogP contribution in [0.4, 0.5) is 0 Å². The molecule has 2 nitrogen and oxygen atoms in total. The number of unbranched alkanes of at least 4 members (excludes halogenated alkanes) is 12. The third-order valence-electron chi connectivity index (χ3n) is 11.8. The number of hydrogen-bond donors (Lipinski definition) is 0. The summed E-state index contributed by atoms with van der Waals surface area (Å²) in [6, 6.07) is 13.8. The third kappa shape index (κ3) is 13.4. The van der Waals surface area contributed by atoms with Crippen LogP contribution in [0, 0.1) is 25.7 Å². The third-order valence-corrected chi connectivity index (χ3v) is 11.8. The molecule has 2 fully saturated rings. The van der Waals surface area contributed by atoms with Crippen molar-refractivity contribution in [1.29, 1.82) is 0 Å². The molecule has 0 amide bonds. The van der Waals surface area contributed by atoms with Gasteiger partial charge < -0.3 is 9.47 Å². The molecule has 0 spiro atoms. The van der Waals surface area contributed by atoms with Crippen molar-refractivity contribution in [3.05, 3.63) is 47.5 Å². The summed E-state index contributed by atoms with van der Waals surface area (Å²) in [7, 11) is 0. The topological polar surface area (TPSA) is 18.5 Å². The number of rotatable bonds is 23. The molecule has 2 atom stereocenters. The first-order chi connectivity index (χ1) is 23.6. The zero-order valence-electron chi connectivity index (χ0n) is 32.0. The summed E-state index contributed by atoms with van der Waals surface area (Å²) in [5.41, 5.74) is 5.17. The maximum Gasteiger partial charge on any atom is 0.122 e. The monoisotopic (exact) mass is 659 g/mol. The molecule has 0 aromatic heterocycles. The Balaban J connectivity index is 1.36. The quantitative estimate of drug-likeness (QED) is 0.111. The molecule has 48 heavy (non-hydrogen) atoms. The number of aryl methyl sites for hydroxylation is 2. The zero-order valence-corrected chi connectivity index (χ0v) is 32.0. The molecule has 0 aliphatic heterocycles. The van der Waals surface area contributed by atoms with Crippen LogP contribution in [0.1, 0.15) is 192 Å². The first-order valence-electron chi connectivity index (χ1n) is 21.1. The van der Waals surface area contributed by atoms with Gasteiger partial charge in [0.15, 0.2) is 0 Å². The fraction of sp³-hybridized carbons (Fsp3) is 0.739. The highest BCUT2D eigenvalue weighted by Crippen LogP contribution is 2.36. The zero-order chi connectivity index (χ0) is 33.8. The lowest BCUT2D eigenvalue weighted by Crippen LogP contribution is -2.29. The molecule has 2 aliphatic carbocycles. The van der Waals surface area contributed by atoms with Crippen molar-refractivity contribution in [2.24, 2.45) is 11.8 Å². The van der Waals surface area contributed by atoms with E-state index in [-0.39, 0.29) is 0 Å². The SMILES string of the molecule is CCCCCCCCCC(Oc1ccc(-c2ccc(OC(CCCCCCCCC)C3CCCCC3)c(C)c2)c(C)c1)C1CCCCC1. The minimum atomic E-state index is 0.363. The van der Waals surface area contributed by atoms with Gasteiger partial charge in [0.2, 0.25) is 0 Å². The van der Waals surface area contributed by atoms with Crippen LogP contribution < -0.4 is 9.47 Å². The van der Waals surface area contributed by atoms with Gasteiger partial charge in [-0.25, -0.2) is 0 Å². The van der Waals surface area contributed by atoms with Gasteiger partial charge in [0, 0.05) is 0 Å². The molecule has 0 N–H and O–H groups in total.